The molecule has 1 atom stereocenters. The zero-order chi connectivity index (χ0) is 16.4. The van der Waals surface area contributed by atoms with Crippen LogP contribution in [-0.4, -0.2) is 39.5 Å². The summed E-state index contributed by atoms with van der Waals surface area (Å²) in [6.07, 6.45) is 8.45. The zero-order valence-corrected chi connectivity index (χ0v) is 14.6. The lowest BCUT2D eigenvalue weighted by Gasteiger charge is -2.32. The summed E-state index contributed by atoms with van der Waals surface area (Å²) >= 11 is 0. The molecule has 4 nitrogen and oxygen atoms in total. The number of rotatable bonds is 6. The second-order valence-corrected chi connectivity index (χ2v) is 7.57. The van der Waals surface area contributed by atoms with E-state index in [4.69, 9.17) is 0 Å². The second-order valence-electron chi connectivity index (χ2n) is 7.57. The lowest BCUT2D eigenvalue weighted by molar-refractivity contribution is 0.174. The summed E-state index contributed by atoms with van der Waals surface area (Å²) in [7, 11) is 0. The van der Waals surface area contributed by atoms with Gasteiger partial charge < -0.3 is 4.90 Å². The lowest BCUT2D eigenvalue weighted by Crippen LogP contribution is -2.35. The Morgan fingerprint density at radius 2 is 1.83 bits per heavy atom. The van der Waals surface area contributed by atoms with E-state index in [1.54, 1.807) is 0 Å². The number of aromatic nitrogens is 3. The molecule has 1 aliphatic heterocycles. The van der Waals surface area contributed by atoms with Crippen molar-refractivity contribution in [3.63, 3.8) is 0 Å². The van der Waals surface area contributed by atoms with Gasteiger partial charge >= 0.3 is 0 Å². The summed E-state index contributed by atoms with van der Waals surface area (Å²) in [5.41, 5.74) is 2.68. The predicted molar refractivity (Wildman–Crippen MR) is 96.2 cm³/mol. The molecule has 0 spiro atoms. The predicted octanol–water partition coefficient (Wildman–Crippen LogP) is 3.99. The van der Waals surface area contributed by atoms with Gasteiger partial charge in [0.1, 0.15) is 0 Å². The van der Waals surface area contributed by atoms with Crippen LogP contribution >= 0.6 is 0 Å². The molecule has 0 N–H and O–H groups in total. The zero-order valence-electron chi connectivity index (χ0n) is 14.6. The molecule has 4 heteroatoms. The van der Waals surface area contributed by atoms with Gasteiger partial charge in [-0.1, -0.05) is 42.5 Å². The molecule has 0 radical (unpaired) electrons. The first-order valence-electron chi connectivity index (χ1n) is 9.48. The van der Waals surface area contributed by atoms with Crippen LogP contribution in [-0.2, 0) is 0 Å². The fourth-order valence-electron chi connectivity index (χ4n) is 3.77. The van der Waals surface area contributed by atoms with E-state index in [0.29, 0.717) is 17.9 Å². The van der Waals surface area contributed by atoms with E-state index in [2.05, 4.69) is 63.3 Å². The van der Waals surface area contributed by atoms with Crippen LogP contribution in [0, 0.1) is 0 Å². The Labute approximate surface area is 144 Å². The van der Waals surface area contributed by atoms with Gasteiger partial charge in [-0.25, -0.2) is 4.68 Å². The summed E-state index contributed by atoms with van der Waals surface area (Å²) < 4.78 is 2.14. The minimum atomic E-state index is 0.549. The number of hydrogen-bond donors (Lipinski definition) is 0. The first-order chi connectivity index (χ1) is 11.8. The van der Waals surface area contributed by atoms with Gasteiger partial charge in [-0.05, 0) is 50.1 Å². The quantitative estimate of drug-likeness (QED) is 0.806. The van der Waals surface area contributed by atoms with Crippen molar-refractivity contribution in [1.82, 2.24) is 19.9 Å². The van der Waals surface area contributed by atoms with Gasteiger partial charge in [0.2, 0.25) is 0 Å². The van der Waals surface area contributed by atoms with Crippen molar-refractivity contribution in [3.8, 4) is 0 Å². The molecule has 0 bridgehead atoms. The first-order valence-corrected chi connectivity index (χ1v) is 9.48. The van der Waals surface area contributed by atoms with Gasteiger partial charge in [0.05, 0.1) is 11.7 Å². The van der Waals surface area contributed by atoms with Crippen LogP contribution in [0.4, 0.5) is 0 Å². The summed E-state index contributed by atoms with van der Waals surface area (Å²) in [4.78, 5) is 2.62. The largest absolute Gasteiger partial charge is 0.303 e. The lowest BCUT2D eigenvalue weighted by atomic mass is 9.97. The molecule has 24 heavy (non-hydrogen) atoms. The highest BCUT2D eigenvalue weighted by atomic mass is 15.4. The normalized spacial score (nSPS) is 21.0. The van der Waals surface area contributed by atoms with E-state index in [-0.39, 0.29) is 0 Å². The fraction of sp³-hybridized carbons (Fsp3) is 0.600. The van der Waals surface area contributed by atoms with Crippen LogP contribution in [0.1, 0.15) is 68.2 Å². The highest BCUT2D eigenvalue weighted by Crippen LogP contribution is 2.39. The minimum absolute atomic E-state index is 0.549. The number of hydrogen-bond acceptors (Lipinski definition) is 3. The van der Waals surface area contributed by atoms with Crippen molar-refractivity contribution in [3.05, 3.63) is 47.8 Å². The Kier molecular flexibility index (Phi) is 4.65. The topological polar surface area (TPSA) is 34.0 Å². The molecule has 2 fully saturated rings. The number of benzene rings is 1. The summed E-state index contributed by atoms with van der Waals surface area (Å²) in [6.45, 7) is 5.92. The Balaban J connectivity index is 1.24. The molecule has 1 saturated carbocycles. The highest BCUT2D eigenvalue weighted by molar-refractivity contribution is 5.18. The highest BCUT2D eigenvalue weighted by Gasteiger charge is 2.28. The van der Waals surface area contributed by atoms with Crippen LogP contribution in [0.3, 0.4) is 0 Å². The molecular formula is C20H28N4. The SMILES string of the molecule is C[C@@H](CCN1CCC(n2cc(C3CC3)nn2)CC1)c1ccccc1. The van der Waals surface area contributed by atoms with Gasteiger partial charge in [0.25, 0.3) is 0 Å². The van der Waals surface area contributed by atoms with E-state index in [0.717, 1.165) is 0 Å². The molecule has 4 rings (SSSR count). The van der Waals surface area contributed by atoms with Crippen molar-refractivity contribution in [2.45, 2.75) is 56.9 Å². The Bertz CT molecular complexity index is 639. The van der Waals surface area contributed by atoms with Gasteiger partial charge in [0.15, 0.2) is 0 Å². The third-order valence-electron chi connectivity index (χ3n) is 5.70. The maximum atomic E-state index is 4.39. The number of nitrogens with zero attached hydrogens (tertiary/aromatic N) is 4. The Morgan fingerprint density at radius 3 is 2.54 bits per heavy atom. The van der Waals surface area contributed by atoms with Crippen molar-refractivity contribution in [2.24, 2.45) is 0 Å². The summed E-state index contributed by atoms with van der Waals surface area (Å²) in [5.74, 6) is 1.35. The van der Waals surface area contributed by atoms with Gasteiger partial charge in [-0.3, -0.25) is 0 Å². The standard InChI is InChI=1S/C20H28N4/c1-16(17-5-3-2-4-6-17)9-12-23-13-10-19(11-14-23)24-15-20(21-22-24)18-7-8-18/h2-6,15-16,18-19H,7-14H2,1H3/t16-/m0/s1. The molecule has 2 heterocycles. The Morgan fingerprint density at radius 1 is 1.08 bits per heavy atom. The van der Waals surface area contributed by atoms with Gasteiger partial charge in [0, 0.05) is 25.2 Å². The minimum Gasteiger partial charge on any atom is -0.303 e. The number of piperidine rings is 1. The molecule has 0 amide bonds. The van der Waals surface area contributed by atoms with Crippen LogP contribution < -0.4 is 0 Å². The van der Waals surface area contributed by atoms with Crippen molar-refractivity contribution < 1.29 is 0 Å². The van der Waals surface area contributed by atoms with E-state index >= 15 is 0 Å². The molecule has 2 aromatic rings. The van der Waals surface area contributed by atoms with E-state index in [1.165, 1.54) is 63.0 Å². The smallest absolute Gasteiger partial charge is 0.0858 e. The molecule has 128 valence electrons. The van der Waals surface area contributed by atoms with Gasteiger partial charge in [-0.15, -0.1) is 5.10 Å². The third-order valence-corrected chi connectivity index (χ3v) is 5.70. The average molecular weight is 324 g/mol. The van der Waals surface area contributed by atoms with E-state index in [1.807, 2.05) is 0 Å². The second kappa shape index (κ2) is 7.06. The maximum absolute atomic E-state index is 4.39. The molecule has 1 saturated heterocycles. The molecule has 0 unspecified atom stereocenters. The molecular weight excluding hydrogens is 296 g/mol. The van der Waals surface area contributed by atoms with E-state index < -0.39 is 0 Å². The molecule has 1 aliphatic carbocycles. The fourth-order valence-corrected chi connectivity index (χ4v) is 3.77. The van der Waals surface area contributed by atoms with E-state index in [9.17, 15) is 0 Å². The van der Waals surface area contributed by atoms with Crippen LogP contribution in [0.5, 0.6) is 0 Å². The van der Waals surface area contributed by atoms with Gasteiger partial charge in [-0.2, -0.15) is 0 Å². The van der Waals surface area contributed by atoms with Crippen molar-refractivity contribution in [1.29, 1.82) is 0 Å². The monoisotopic (exact) mass is 324 g/mol. The average Bonchev–Trinajstić information content (AvgIpc) is 3.38. The summed E-state index contributed by atoms with van der Waals surface area (Å²) in [5, 5.41) is 8.75. The maximum Gasteiger partial charge on any atom is 0.0858 e. The molecule has 1 aromatic carbocycles. The molecule has 1 aromatic heterocycles. The Hall–Kier alpha value is -1.68. The van der Waals surface area contributed by atoms with Crippen LogP contribution in [0.25, 0.3) is 0 Å². The number of likely N-dealkylation sites (tertiary alicyclic amines) is 1. The van der Waals surface area contributed by atoms with Crippen molar-refractivity contribution in [2.75, 3.05) is 19.6 Å². The van der Waals surface area contributed by atoms with Crippen LogP contribution in [0.2, 0.25) is 0 Å². The third kappa shape index (κ3) is 3.69. The summed E-state index contributed by atoms with van der Waals surface area (Å²) in [6, 6.07) is 11.4. The van der Waals surface area contributed by atoms with Crippen LogP contribution in [0.15, 0.2) is 36.5 Å². The first kappa shape index (κ1) is 15.8. The van der Waals surface area contributed by atoms with Crippen molar-refractivity contribution >= 4 is 0 Å². The molecule has 2 aliphatic rings.